The van der Waals surface area contributed by atoms with Crippen LogP contribution in [0.25, 0.3) is 0 Å². The van der Waals surface area contributed by atoms with Crippen LogP contribution in [0.4, 0.5) is 0 Å². The third kappa shape index (κ3) is 1.17. The Labute approximate surface area is 79.2 Å². The molecule has 1 aliphatic rings. The predicted octanol–water partition coefficient (Wildman–Crippen LogP) is 1.84. The largest absolute Gasteiger partial charge is 0.327 e. The highest BCUT2D eigenvalue weighted by Crippen LogP contribution is 2.57. The van der Waals surface area contributed by atoms with Crippen molar-refractivity contribution in [2.24, 2.45) is 11.1 Å². The fourth-order valence-electron chi connectivity index (χ4n) is 2.10. The van der Waals surface area contributed by atoms with Crippen LogP contribution in [0.2, 0.25) is 0 Å². The lowest BCUT2D eigenvalue weighted by atomic mass is 10.0. The summed E-state index contributed by atoms with van der Waals surface area (Å²) < 4.78 is 0. The van der Waals surface area contributed by atoms with Crippen LogP contribution >= 0.6 is 0 Å². The van der Waals surface area contributed by atoms with E-state index in [1.807, 2.05) is 12.3 Å². The van der Waals surface area contributed by atoms with Gasteiger partial charge in [-0.25, -0.2) is 0 Å². The Kier molecular flexibility index (Phi) is 1.70. The summed E-state index contributed by atoms with van der Waals surface area (Å²) in [7, 11) is 0. The number of hydrogen-bond donors (Lipinski definition) is 1. The summed E-state index contributed by atoms with van der Waals surface area (Å²) in [6.07, 6.45) is 1.83. The van der Waals surface area contributed by atoms with Gasteiger partial charge < -0.3 is 5.73 Å². The number of rotatable bonds is 1. The molecule has 2 N–H and O–H groups in total. The van der Waals surface area contributed by atoms with Crippen molar-refractivity contribution in [1.29, 1.82) is 0 Å². The Morgan fingerprint density at radius 1 is 1.46 bits per heavy atom. The minimum Gasteiger partial charge on any atom is -0.327 e. The van der Waals surface area contributed by atoms with Gasteiger partial charge in [0.15, 0.2) is 0 Å². The van der Waals surface area contributed by atoms with E-state index in [2.05, 4.69) is 31.8 Å². The van der Waals surface area contributed by atoms with Gasteiger partial charge in [0.2, 0.25) is 0 Å². The summed E-state index contributed by atoms with van der Waals surface area (Å²) in [5.41, 5.74) is 8.71. The second kappa shape index (κ2) is 2.55. The van der Waals surface area contributed by atoms with Crippen LogP contribution in [0.1, 0.15) is 31.0 Å². The Balaban J connectivity index is 2.34. The summed E-state index contributed by atoms with van der Waals surface area (Å²) in [4.78, 5) is 4.28. The van der Waals surface area contributed by atoms with Gasteiger partial charge in [-0.15, -0.1) is 0 Å². The lowest BCUT2D eigenvalue weighted by molar-refractivity contribution is 0.598. The van der Waals surface area contributed by atoms with Crippen LogP contribution in [0.15, 0.2) is 18.3 Å². The zero-order valence-corrected chi connectivity index (χ0v) is 8.41. The topological polar surface area (TPSA) is 38.9 Å². The first-order valence-corrected chi connectivity index (χ1v) is 4.72. The highest BCUT2D eigenvalue weighted by atomic mass is 14.8. The molecule has 2 rings (SSSR count). The number of aryl methyl sites for hydroxylation is 1. The van der Waals surface area contributed by atoms with Crippen molar-refractivity contribution in [2.75, 3.05) is 0 Å². The van der Waals surface area contributed by atoms with Crippen LogP contribution in [-0.4, -0.2) is 11.0 Å². The van der Waals surface area contributed by atoms with Gasteiger partial charge in [0.25, 0.3) is 0 Å². The van der Waals surface area contributed by atoms with Crippen molar-refractivity contribution >= 4 is 0 Å². The summed E-state index contributed by atoms with van der Waals surface area (Å²) >= 11 is 0. The van der Waals surface area contributed by atoms with Crippen molar-refractivity contribution in [1.82, 2.24) is 4.98 Å². The van der Waals surface area contributed by atoms with Gasteiger partial charge in [-0.1, -0.05) is 19.9 Å². The number of nitrogens with zero attached hydrogens (tertiary/aromatic N) is 1. The fraction of sp³-hybridized carbons (Fsp3) is 0.545. The molecule has 13 heavy (non-hydrogen) atoms. The van der Waals surface area contributed by atoms with Crippen molar-refractivity contribution in [2.45, 2.75) is 32.7 Å². The zero-order chi connectivity index (χ0) is 9.64. The Bertz CT molecular complexity index is 331. The zero-order valence-electron chi connectivity index (χ0n) is 8.41. The minimum absolute atomic E-state index is 0.258. The number of nitrogens with two attached hydrogens (primary N) is 1. The third-order valence-corrected chi connectivity index (χ3v) is 3.29. The summed E-state index contributed by atoms with van der Waals surface area (Å²) in [6.45, 7) is 6.49. The van der Waals surface area contributed by atoms with Gasteiger partial charge in [0.05, 0.1) is 0 Å². The Hall–Kier alpha value is -0.890. The molecule has 0 saturated heterocycles. The van der Waals surface area contributed by atoms with Gasteiger partial charge in [0.1, 0.15) is 0 Å². The molecule has 0 aliphatic heterocycles. The van der Waals surface area contributed by atoms with Crippen LogP contribution in [0.3, 0.4) is 0 Å². The van der Waals surface area contributed by atoms with E-state index in [4.69, 9.17) is 5.73 Å². The molecule has 1 fully saturated rings. The number of hydrogen-bond acceptors (Lipinski definition) is 2. The van der Waals surface area contributed by atoms with E-state index in [9.17, 15) is 0 Å². The molecule has 1 aliphatic carbocycles. The SMILES string of the molecule is Cc1ncccc1[C@H]1[C@H](N)C1(C)C. The van der Waals surface area contributed by atoms with E-state index >= 15 is 0 Å². The van der Waals surface area contributed by atoms with E-state index in [1.165, 1.54) is 5.56 Å². The molecule has 0 amide bonds. The van der Waals surface area contributed by atoms with Crippen molar-refractivity contribution in [3.63, 3.8) is 0 Å². The lowest BCUT2D eigenvalue weighted by Crippen LogP contribution is -2.06. The molecule has 70 valence electrons. The molecular weight excluding hydrogens is 160 g/mol. The summed E-state index contributed by atoms with van der Waals surface area (Å²) in [6, 6.07) is 4.43. The van der Waals surface area contributed by atoms with Gasteiger partial charge >= 0.3 is 0 Å². The van der Waals surface area contributed by atoms with Gasteiger partial charge in [-0.05, 0) is 24.0 Å². The van der Waals surface area contributed by atoms with Gasteiger partial charge in [-0.3, -0.25) is 4.98 Å². The van der Waals surface area contributed by atoms with E-state index in [-0.39, 0.29) is 5.41 Å². The van der Waals surface area contributed by atoms with Crippen molar-refractivity contribution in [3.05, 3.63) is 29.6 Å². The maximum absolute atomic E-state index is 6.02. The molecule has 1 aromatic heterocycles. The fourth-order valence-corrected chi connectivity index (χ4v) is 2.10. The molecule has 0 unspecified atom stereocenters. The standard InChI is InChI=1S/C11H16N2/c1-7-8(5-4-6-13-7)9-10(12)11(9,2)3/h4-6,9-10H,12H2,1-3H3/t9-,10-/m0/s1. The Morgan fingerprint density at radius 3 is 2.54 bits per heavy atom. The molecule has 0 aromatic carbocycles. The maximum atomic E-state index is 6.02. The molecule has 1 saturated carbocycles. The smallest absolute Gasteiger partial charge is 0.0408 e. The molecule has 2 atom stereocenters. The molecule has 0 radical (unpaired) electrons. The first kappa shape index (κ1) is 8.70. The van der Waals surface area contributed by atoms with Crippen molar-refractivity contribution in [3.8, 4) is 0 Å². The normalized spacial score (nSPS) is 30.2. The predicted molar refractivity (Wildman–Crippen MR) is 53.5 cm³/mol. The van der Waals surface area contributed by atoms with Crippen LogP contribution in [0.5, 0.6) is 0 Å². The van der Waals surface area contributed by atoms with Gasteiger partial charge in [-0.2, -0.15) is 0 Å². The molecule has 1 aromatic rings. The maximum Gasteiger partial charge on any atom is 0.0408 e. The molecule has 2 heteroatoms. The van der Waals surface area contributed by atoms with E-state index < -0.39 is 0 Å². The average Bonchev–Trinajstić information content (AvgIpc) is 2.54. The van der Waals surface area contributed by atoms with Crippen molar-refractivity contribution < 1.29 is 0 Å². The second-order valence-electron chi connectivity index (χ2n) is 4.50. The van der Waals surface area contributed by atoms with E-state index in [0.29, 0.717) is 12.0 Å². The van der Waals surface area contributed by atoms with E-state index in [1.54, 1.807) is 0 Å². The second-order valence-corrected chi connectivity index (χ2v) is 4.50. The Morgan fingerprint density at radius 2 is 2.08 bits per heavy atom. The monoisotopic (exact) mass is 176 g/mol. The summed E-state index contributed by atoms with van der Waals surface area (Å²) in [5.74, 6) is 0.501. The molecular formula is C11H16N2. The van der Waals surface area contributed by atoms with Crippen LogP contribution in [0, 0.1) is 12.3 Å². The lowest BCUT2D eigenvalue weighted by Gasteiger charge is -2.04. The molecule has 2 nitrogen and oxygen atoms in total. The minimum atomic E-state index is 0.258. The molecule has 0 bridgehead atoms. The third-order valence-electron chi connectivity index (χ3n) is 3.29. The average molecular weight is 176 g/mol. The molecule has 0 spiro atoms. The first-order chi connectivity index (χ1) is 6.05. The number of pyridine rings is 1. The van der Waals surface area contributed by atoms with E-state index in [0.717, 1.165) is 5.69 Å². The molecule has 1 heterocycles. The first-order valence-electron chi connectivity index (χ1n) is 4.72. The van der Waals surface area contributed by atoms with Crippen LogP contribution < -0.4 is 5.73 Å². The highest BCUT2D eigenvalue weighted by molar-refractivity contribution is 5.36. The number of aromatic nitrogens is 1. The highest BCUT2D eigenvalue weighted by Gasteiger charge is 2.56. The quantitative estimate of drug-likeness (QED) is 0.709. The van der Waals surface area contributed by atoms with Gasteiger partial charge in [0, 0.05) is 23.9 Å². The van der Waals surface area contributed by atoms with Crippen LogP contribution in [-0.2, 0) is 0 Å². The summed E-state index contributed by atoms with van der Waals surface area (Å²) in [5, 5.41) is 0.